The van der Waals surface area contributed by atoms with Crippen LogP contribution < -0.4 is 4.90 Å². The molecule has 0 N–H and O–H groups in total. The highest BCUT2D eigenvalue weighted by atomic mass is 32.1. The summed E-state index contributed by atoms with van der Waals surface area (Å²) in [6, 6.07) is 8.02. The molecule has 0 spiro atoms. The van der Waals surface area contributed by atoms with Crippen molar-refractivity contribution >= 4 is 22.4 Å². The molecule has 1 aliphatic heterocycles. The third-order valence-corrected chi connectivity index (χ3v) is 4.91. The van der Waals surface area contributed by atoms with Gasteiger partial charge in [-0.1, -0.05) is 26.0 Å². The van der Waals surface area contributed by atoms with Crippen LogP contribution in [-0.4, -0.2) is 42.0 Å². The minimum absolute atomic E-state index is 0.133. The Balaban J connectivity index is 1.62. The Morgan fingerprint density at radius 1 is 1.14 bits per heavy atom. The third-order valence-electron chi connectivity index (χ3n) is 4.08. The summed E-state index contributed by atoms with van der Waals surface area (Å²) >= 11 is 1.65. The summed E-state index contributed by atoms with van der Waals surface area (Å²) in [6.45, 7) is 7.53. The predicted octanol–water partition coefficient (Wildman–Crippen LogP) is 3.23. The lowest BCUT2D eigenvalue weighted by atomic mass is 10.0. The second-order valence-corrected chi connectivity index (χ2v) is 6.74. The zero-order chi connectivity index (χ0) is 15.5. The predicted molar refractivity (Wildman–Crippen MR) is 90.8 cm³/mol. The summed E-state index contributed by atoms with van der Waals surface area (Å²) in [7, 11) is 0. The van der Waals surface area contributed by atoms with E-state index >= 15 is 0 Å². The number of amides is 1. The molecule has 0 saturated carbocycles. The fourth-order valence-corrected chi connectivity index (χ4v) is 3.36. The van der Waals surface area contributed by atoms with Crippen LogP contribution in [0.3, 0.4) is 0 Å². The van der Waals surface area contributed by atoms with Crippen LogP contribution in [0, 0.1) is 0 Å². The van der Waals surface area contributed by atoms with E-state index in [9.17, 15) is 4.79 Å². The number of aromatic nitrogens is 1. The van der Waals surface area contributed by atoms with Crippen LogP contribution in [0.4, 0.5) is 5.13 Å². The first-order valence-corrected chi connectivity index (χ1v) is 8.57. The van der Waals surface area contributed by atoms with Crippen molar-refractivity contribution in [2.24, 2.45) is 0 Å². The van der Waals surface area contributed by atoms with Crippen molar-refractivity contribution in [3.8, 4) is 0 Å². The van der Waals surface area contributed by atoms with E-state index in [1.54, 1.807) is 11.3 Å². The number of carbonyl (C=O) groups is 1. The zero-order valence-corrected chi connectivity index (χ0v) is 13.8. The lowest BCUT2D eigenvalue weighted by molar-refractivity contribution is 0.0747. The molecule has 0 radical (unpaired) electrons. The molecule has 3 rings (SSSR count). The van der Waals surface area contributed by atoms with E-state index in [2.05, 4.69) is 35.9 Å². The van der Waals surface area contributed by atoms with Gasteiger partial charge in [0, 0.05) is 43.3 Å². The van der Waals surface area contributed by atoms with Crippen LogP contribution in [0.1, 0.15) is 35.7 Å². The van der Waals surface area contributed by atoms with Gasteiger partial charge in [-0.15, -0.1) is 11.3 Å². The molecule has 22 heavy (non-hydrogen) atoms. The molecule has 2 heterocycles. The molecule has 0 aliphatic carbocycles. The molecule has 5 heteroatoms. The Morgan fingerprint density at radius 3 is 2.36 bits per heavy atom. The molecular formula is C17H21N3OS. The highest BCUT2D eigenvalue weighted by molar-refractivity contribution is 7.13. The van der Waals surface area contributed by atoms with Gasteiger partial charge >= 0.3 is 0 Å². The standard InChI is InChI=1S/C17H21N3OS/c1-13(2)14-3-5-15(6-4-14)16(21)19-8-10-20(11-9-19)17-18-7-12-22-17/h3-7,12-13H,8-11H2,1-2H3. The van der Waals surface area contributed by atoms with E-state index in [1.807, 2.05) is 28.6 Å². The maximum atomic E-state index is 12.6. The second-order valence-electron chi connectivity index (χ2n) is 5.87. The molecule has 0 bridgehead atoms. The Morgan fingerprint density at radius 2 is 1.82 bits per heavy atom. The monoisotopic (exact) mass is 315 g/mol. The third kappa shape index (κ3) is 3.14. The maximum absolute atomic E-state index is 12.6. The number of piperazine rings is 1. The SMILES string of the molecule is CC(C)c1ccc(C(=O)N2CCN(c3nccs3)CC2)cc1. The summed E-state index contributed by atoms with van der Waals surface area (Å²) in [5.41, 5.74) is 2.05. The lowest BCUT2D eigenvalue weighted by Crippen LogP contribution is -2.48. The normalized spacial score (nSPS) is 15.4. The Bertz CT molecular complexity index is 614. The molecule has 116 valence electrons. The summed E-state index contributed by atoms with van der Waals surface area (Å²) < 4.78 is 0. The van der Waals surface area contributed by atoms with E-state index in [0.29, 0.717) is 5.92 Å². The van der Waals surface area contributed by atoms with Crippen LogP contribution in [0.25, 0.3) is 0 Å². The number of hydrogen-bond donors (Lipinski definition) is 0. The first-order valence-electron chi connectivity index (χ1n) is 7.69. The van der Waals surface area contributed by atoms with E-state index in [1.165, 1.54) is 5.56 Å². The van der Waals surface area contributed by atoms with Crippen LogP contribution in [0.2, 0.25) is 0 Å². The van der Waals surface area contributed by atoms with Crippen molar-refractivity contribution in [1.29, 1.82) is 0 Å². The molecule has 4 nitrogen and oxygen atoms in total. The second kappa shape index (κ2) is 6.48. The number of anilines is 1. The molecular weight excluding hydrogens is 294 g/mol. The Labute approximate surface area is 135 Å². The van der Waals surface area contributed by atoms with E-state index in [-0.39, 0.29) is 5.91 Å². The topological polar surface area (TPSA) is 36.4 Å². The summed E-state index contributed by atoms with van der Waals surface area (Å²) in [6.07, 6.45) is 1.83. The number of thiazole rings is 1. The maximum Gasteiger partial charge on any atom is 0.253 e. The smallest absolute Gasteiger partial charge is 0.253 e. The molecule has 1 amide bonds. The van der Waals surface area contributed by atoms with Gasteiger partial charge in [0.05, 0.1) is 0 Å². The number of rotatable bonds is 3. The molecule has 1 aliphatic rings. The Hall–Kier alpha value is -1.88. The van der Waals surface area contributed by atoms with Gasteiger partial charge in [-0.2, -0.15) is 0 Å². The van der Waals surface area contributed by atoms with E-state index in [4.69, 9.17) is 0 Å². The molecule has 0 atom stereocenters. The van der Waals surface area contributed by atoms with Crippen molar-refractivity contribution in [3.63, 3.8) is 0 Å². The van der Waals surface area contributed by atoms with Gasteiger partial charge in [-0.3, -0.25) is 4.79 Å². The van der Waals surface area contributed by atoms with Gasteiger partial charge in [0.15, 0.2) is 5.13 Å². The van der Waals surface area contributed by atoms with Crippen molar-refractivity contribution in [2.75, 3.05) is 31.1 Å². The molecule has 1 aromatic heterocycles. The van der Waals surface area contributed by atoms with Crippen molar-refractivity contribution in [3.05, 3.63) is 47.0 Å². The zero-order valence-electron chi connectivity index (χ0n) is 13.0. The van der Waals surface area contributed by atoms with Gasteiger partial charge in [-0.05, 0) is 23.6 Å². The quantitative estimate of drug-likeness (QED) is 0.872. The van der Waals surface area contributed by atoms with Crippen LogP contribution in [-0.2, 0) is 0 Å². The summed E-state index contributed by atoms with van der Waals surface area (Å²) in [4.78, 5) is 21.1. The number of nitrogens with zero attached hydrogens (tertiary/aromatic N) is 3. The lowest BCUT2D eigenvalue weighted by Gasteiger charge is -2.34. The van der Waals surface area contributed by atoms with Crippen molar-refractivity contribution in [1.82, 2.24) is 9.88 Å². The van der Waals surface area contributed by atoms with Crippen molar-refractivity contribution in [2.45, 2.75) is 19.8 Å². The van der Waals surface area contributed by atoms with E-state index < -0.39 is 0 Å². The molecule has 0 unspecified atom stereocenters. The molecule has 1 saturated heterocycles. The molecule has 1 aromatic carbocycles. The van der Waals surface area contributed by atoms with Gasteiger partial charge in [0.25, 0.3) is 5.91 Å². The van der Waals surface area contributed by atoms with Crippen molar-refractivity contribution < 1.29 is 4.79 Å². The van der Waals surface area contributed by atoms with Crippen LogP contribution in [0.15, 0.2) is 35.8 Å². The highest BCUT2D eigenvalue weighted by Crippen LogP contribution is 2.20. The molecule has 1 fully saturated rings. The first-order chi connectivity index (χ1) is 10.6. The van der Waals surface area contributed by atoms with Gasteiger partial charge in [0.1, 0.15) is 0 Å². The van der Waals surface area contributed by atoms with Crippen LogP contribution >= 0.6 is 11.3 Å². The largest absolute Gasteiger partial charge is 0.345 e. The minimum Gasteiger partial charge on any atom is -0.345 e. The van der Waals surface area contributed by atoms with Gasteiger partial charge in [0.2, 0.25) is 0 Å². The average Bonchev–Trinajstić information content (AvgIpc) is 3.09. The first kappa shape index (κ1) is 15.0. The summed E-state index contributed by atoms with van der Waals surface area (Å²) in [5.74, 6) is 0.625. The Kier molecular flexibility index (Phi) is 4.43. The van der Waals surface area contributed by atoms with Gasteiger partial charge < -0.3 is 9.80 Å². The highest BCUT2D eigenvalue weighted by Gasteiger charge is 2.23. The minimum atomic E-state index is 0.133. The summed E-state index contributed by atoms with van der Waals surface area (Å²) in [5, 5.41) is 3.04. The fraction of sp³-hybridized carbons (Fsp3) is 0.412. The number of hydrogen-bond acceptors (Lipinski definition) is 4. The van der Waals surface area contributed by atoms with Gasteiger partial charge in [-0.25, -0.2) is 4.98 Å². The van der Waals surface area contributed by atoms with E-state index in [0.717, 1.165) is 36.9 Å². The number of carbonyl (C=O) groups excluding carboxylic acids is 1. The average molecular weight is 315 g/mol. The van der Waals surface area contributed by atoms with Crippen LogP contribution in [0.5, 0.6) is 0 Å². The number of benzene rings is 1. The fourth-order valence-electron chi connectivity index (χ4n) is 2.67. The molecule has 2 aromatic rings.